The molecule has 0 aromatic carbocycles. The van der Waals surface area contributed by atoms with Gasteiger partial charge in [0.1, 0.15) is 0 Å². The monoisotopic (exact) mass is 571 g/mol. The molecule has 0 saturated heterocycles. The molecule has 0 aliphatic heterocycles. The van der Waals surface area contributed by atoms with E-state index in [-0.39, 0.29) is 12.5 Å². The van der Waals surface area contributed by atoms with Crippen LogP contribution in [0.1, 0.15) is 149 Å². The van der Waals surface area contributed by atoms with Crippen LogP contribution in [-0.2, 0) is 4.79 Å². The van der Waals surface area contributed by atoms with E-state index >= 15 is 0 Å². The second-order valence-electron chi connectivity index (χ2n) is 11.2. The van der Waals surface area contributed by atoms with Crippen molar-refractivity contribution in [1.82, 2.24) is 5.32 Å². The van der Waals surface area contributed by atoms with Crippen molar-refractivity contribution in [3.05, 3.63) is 60.8 Å². The average Bonchev–Trinajstić information content (AvgIpc) is 2.97. The quantitative estimate of drug-likeness (QED) is 0.0618. The summed E-state index contributed by atoms with van der Waals surface area (Å²) in [5, 5.41) is 22.8. The molecular weight excluding hydrogens is 506 g/mol. The highest BCUT2D eigenvalue weighted by Gasteiger charge is 2.17. The van der Waals surface area contributed by atoms with E-state index in [0.29, 0.717) is 6.42 Å². The third-order valence-corrected chi connectivity index (χ3v) is 7.18. The van der Waals surface area contributed by atoms with Crippen molar-refractivity contribution in [3.63, 3.8) is 0 Å². The highest BCUT2D eigenvalue weighted by Crippen LogP contribution is 2.10. The van der Waals surface area contributed by atoms with Crippen molar-refractivity contribution in [3.8, 4) is 0 Å². The number of aliphatic hydroxyl groups excluding tert-OH is 2. The molecule has 0 aliphatic rings. The summed E-state index contributed by atoms with van der Waals surface area (Å²) in [6.07, 6.45) is 44.4. The van der Waals surface area contributed by atoms with E-state index in [1.807, 2.05) is 6.08 Å². The minimum atomic E-state index is -0.875. The Morgan fingerprint density at radius 2 is 1.07 bits per heavy atom. The Labute approximate surface area is 254 Å². The first kappa shape index (κ1) is 39.1. The summed E-state index contributed by atoms with van der Waals surface area (Å²) < 4.78 is 0. The van der Waals surface area contributed by atoms with Gasteiger partial charge in [-0.3, -0.25) is 4.79 Å². The maximum atomic E-state index is 12.3. The summed E-state index contributed by atoms with van der Waals surface area (Å²) >= 11 is 0. The van der Waals surface area contributed by atoms with E-state index in [0.717, 1.165) is 57.8 Å². The molecule has 4 nitrogen and oxygen atoms in total. The van der Waals surface area contributed by atoms with Gasteiger partial charge in [0.15, 0.2) is 0 Å². The Morgan fingerprint density at radius 3 is 1.66 bits per heavy atom. The summed E-state index contributed by atoms with van der Waals surface area (Å²) in [5.74, 6) is -0.0977. The molecule has 0 bridgehead atoms. The zero-order valence-corrected chi connectivity index (χ0v) is 26.8. The van der Waals surface area contributed by atoms with Crippen molar-refractivity contribution < 1.29 is 15.0 Å². The van der Waals surface area contributed by atoms with Crippen LogP contribution in [0.2, 0.25) is 0 Å². The minimum absolute atomic E-state index is 0.0977. The van der Waals surface area contributed by atoms with Gasteiger partial charge in [0, 0.05) is 6.42 Å². The molecule has 3 N–H and O–H groups in total. The predicted octanol–water partition coefficient (Wildman–Crippen LogP) is 9.84. The predicted molar refractivity (Wildman–Crippen MR) is 179 cm³/mol. The van der Waals surface area contributed by atoms with Crippen molar-refractivity contribution in [2.24, 2.45) is 0 Å². The van der Waals surface area contributed by atoms with Crippen molar-refractivity contribution in [2.45, 2.75) is 161 Å². The maximum Gasteiger partial charge on any atom is 0.220 e. The van der Waals surface area contributed by atoms with E-state index in [2.05, 4.69) is 67.8 Å². The van der Waals surface area contributed by atoms with Crippen LogP contribution >= 0.6 is 0 Å². The summed E-state index contributed by atoms with van der Waals surface area (Å²) in [7, 11) is 0. The Morgan fingerprint density at radius 1 is 0.585 bits per heavy atom. The molecular formula is C37H65NO3. The van der Waals surface area contributed by atoms with Crippen LogP contribution < -0.4 is 5.32 Å². The highest BCUT2D eigenvalue weighted by molar-refractivity contribution is 5.76. The number of unbranched alkanes of at least 4 members (excludes halogenated alkanes) is 14. The number of allylic oxidation sites excluding steroid dienone is 9. The Kier molecular flexibility index (Phi) is 31.1. The summed E-state index contributed by atoms with van der Waals surface area (Å²) in [6.45, 7) is 4.18. The fraction of sp³-hybridized carbons (Fsp3) is 0.703. The van der Waals surface area contributed by atoms with Gasteiger partial charge in [-0.25, -0.2) is 0 Å². The van der Waals surface area contributed by atoms with E-state index in [9.17, 15) is 15.0 Å². The molecule has 0 radical (unpaired) electrons. The second-order valence-corrected chi connectivity index (χ2v) is 11.2. The van der Waals surface area contributed by atoms with Gasteiger partial charge in [0.2, 0.25) is 5.91 Å². The van der Waals surface area contributed by atoms with E-state index in [1.165, 1.54) is 70.6 Å². The number of carbonyl (C=O) groups excluding carboxylic acids is 1. The average molecular weight is 572 g/mol. The maximum absolute atomic E-state index is 12.3. The van der Waals surface area contributed by atoms with Gasteiger partial charge < -0.3 is 15.5 Å². The SMILES string of the molecule is CCC/C=C\C/C=C\CCCCCCCC(=O)NC(CO)C(O)/C=C/CC/C=C/CC/C=C/CCCCCCCC. The number of hydrogen-bond donors (Lipinski definition) is 3. The smallest absolute Gasteiger partial charge is 0.220 e. The topological polar surface area (TPSA) is 69.6 Å². The Bertz CT molecular complexity index is 707. The Balaban J connectivity index is 3.79. The van der Waals surface area contributed by atoms with Crippen molar-refractivity contribution >= 4 is 5.91 Å². The summed E-state index contributed by atoms with van der Waals surface area (Å²) in [5.41, 5.74) is 0. The van der Waals surface area contributed by atoms with Crippen LogP contribution in [0.15, 0.2) is 60.8 Å². The number of hydrogen-bond acceptors (Lipinski definition) is 3. The number of carbonyl (C=O) groups is 1. The van der Waals surface area contributed by atoms with Gasteiger partial charge in [-0.05, 0) is 70.6 Å². The lowest BCUT2D eigenvalue weighted by Crippen LogP contribution is -2.45. The number of amides is 1. The molecule has 0 fully saturated rings. The molecule has 41 heavy (non-hydrogen) atoms. The largest absolute Gasteiger partial charge is 0.394 e. The molecule has 0 heterocycles. The molecule has 0 saturated carbocycles. The van der Waals surface area contributed by atoms with Crippen LogP contribution in [0.4, 0.5) is 0 Å². The molecule has 0 rings (SSSR count). The molecule has 2 unspecified atom stereocenters. The first-order valence-corrected chi connectivity index (χ1v) is 17.0. The standard InChI is InChI=1S/C37H65NO3/c1-3-5-7-9-11-13-15-17-18-19-21-22-24-26-28-30-32-36(40)35(34-39)38-37(41)33-31-29-27-25-23-20-16-14-12-10-8-6-4-2/h8,10,14,16-18,22,24,30,32,35-36,39-40H,3-7,9,11-13,15,19-21,23,25-29,31,33-34H2,1-2H3,(H,38,41)/b10-8-,16-14-,18-17+,24-22+,32-30+. The molecule has 1 amide bonds. The van der Waals surface area contributed by atoms with E-state index < -0.39 is 12.1 Å². The van der Waals surface area contributed by atoms with Gasteiger partial charge in [-0.2, -0.15) is 0 Å². The number of rotatable bonds is 29. The van der Waals surface area contributed by atoms with Gasteiger partial charge in [0.05, 0.1) is 18.8 Å². The van der Waals surface area contributed by atoms with Crippen molar-refractivity contribution in [2.75, 3.05) is 6.61 Å². The van der Waals surface area contributed by atoms with E-state index in [4.69, 9.17) is 0 Å². The number of aliphatic hydroxyl groups is 2. The first-order valence-electron chi connectivity index (χ1n) is 17.0. The zero-order chi connectivity index (χ0) is 30.1. The third kappa shape index (κ3) is 29.4. The lowest BCUT2D eigenvalue weighted by atomic mass is 10.1. The normalized spacial score (nSPS) is 14.0. The summed E-state index contributed by atoms with van der Waals surface area (Å²) in [6, 6.07) is -0.652. The highest BCUT2D eigenvalue weighted by atomic mass is 16.3. The molecule has 236 valence electrons. The molecule has 0 spiro atoms. The third-order valence-electron chi connectivity index (χ3n) is 7.18. The zero-order valence-electron chi connectivity index (χ0n) is 26.8. The van der Waals surface area contributed by atoms with Gasteiger partial charge in [0.25, 0.3) is 0 Å². The molecule has 4 heteroatoms. The van der Waals surface area contributed by atoms with E-state index in [1.54, 1.807) is 6.08 Å². The van der Waals surface area contributed by atoms with Crippen LogP contribution in [0.3, 0.4) is 0 Å². The lowest BCUT2D eigenvalue weighted by Gasteiger charge is -2.19. The van der Waals surface area contributed by atoms with Gasteiger partial charge in [-0.15, -0.1) is 0 Å². The Hall–Kier alpha value is -1.91. The minimum Gasteiger partial charge on any atom is -0.394 e. The van der Waals surface area contributed by atoms with Gasteiger partial charge >= 0.3 is 0 Å². The van der Waals surface area contributed by atoms with Crippen LogP contribution in [0, 0.1) is 0 Å². The first-order chi connectivity index (χ1) is 20.2. The van der Waals surface area contributed by atoms with Crippen molar-refractivity contribution in [1.29, 1.82) is 0 Å². The second kappa shape index (κ2) is 32.6. The molecule has 2 atom stereocenters. The van der Waals surface area contributed by atoms with Crippen LogP contribution in [-0.4, -0.2) is 34.9 Å². The molecule has 0 aromatic rings. The molecule has 0 aliphatic carbocycles. The number of nitrogens with one attached hydrogen (secondary N) is 1. The fourth-order valence-corrected chi connectivity index (χ4v) is 4.54. The van der Waals surface area contributed by atoms with Gasteiger partial charge in [-0.1, -0.05) is 132 Å². The summed E-state index contributed by atoms with van der Waals surface area (Å²) in [4.78, 5) is 12.3. The molecule has 0 aromatic heterocycles. The van der Waals surface area contributed by atoms with Crippen LogP contribution in [0.25, 0.3) is 0 Å². The fourth-order valence-electron chi connectivity index (χ4n) is 4.54. The lowest BCUT2D eigenvalue weighted by molar-refractivity contribution is -0.123. The van der Waals surface area contributed by atoms with Crippen LogP contribution in [0.5, 0.6) is 0 Å².